The standard InChI is InChI=1S/2C6H13N.C5H12N2.C5H11N.C4H9N.3CH4/c2*1-7-5-3-2-4-6-7;1-7-4-2-6-3-5-7;1-6-4-2-3-5-6;1-5-3-2-4-5;;;/h2*2-6H2,1H3;6H,2-5H2,1H3;2-5H2,1H3;2-4H2,1H3;3*1H4. The highest BCUT2D eigenvalue weighted by Gasteiger charge is 2.05. The SMILES string of the molecule is C.C.C.CN1CCC1.CN1CCCC1.CN1CCCCC1.CN1CCCCC1.CN1CCNCC1. The molecular weight excluding hydrogens is 432 g/mol. The summed E-state index contributed by atoms with van der Waals surface area (Å²) in [5.41, 5.74) is 0. The fraction of sp³-hybridized carbons (Fsp3) is 1.00. The molecule has 0 amide bonds. The lowest BCUT2D eigenvalue weighted by molar-refractivity contribution is 0.229. The quantitative estimate of drug-likeness (QED) is 0.518. The van der Waals surface area contributed by atoms with Crippen molar-refractivity contribution in [1.82, 2.24) is 29.8 Å². The number of hydrogen-bond acceptors (Lipinski definition) is 6. The number of nitrogens with zero attached hydrogens (tertiary/aromatic N) is 5. The molecule has 5 saturated heterocycles. The molecule has 0 radical (unpaired) electrons. The predicted octanol–water partition coefficient (Wildman–Crippen LogP) is 4.67. The summed E-state index contributed by atoms with van der Waals surface area (Å²) < 4.78 is 0. The second kappa shape index (κ2) is 26.8. The van der Waals surface area contributed by atoms with Gasteiger partial charge in [0.2, 0.25) is 0 Å². The zero-order valence-electron chi connectivity index (χ0n) is 22.6. The van der Waals surface area contributed by atoms with Gasteiger partial charge in [-0.1, -0.05) is 35.1 Å². The van der Waals surface area contributed by atoms with Crippen molar-refractivity contribution in [2.75, 3.05) is 114 Å². The first-order valence-corrected chi connectivity index (χ1v) is 13.6. The Morgan fingerprint density at radius 3 is 0.657 bits per heavy atom. The van der Waals surface area contributed by atoms with E-state index in [9.17, 15) is 0 Å². The maximum absolute atomic E-state index is 3.27. The van der Waals surface area contributed by atoms with Crippen LogP contribution < -0.4 is 5.32 Å². The van der Waals surface area contributed by atoms with Crippen molar-refractivity contribution in [2.24, 2.45) is 0 Å². The first kappa shape index (κ1) is 39.3. The molecule has 0 saturated carbocycles. The molecule has 6 heteroatoms. The highest BCUT2D eigenvalue weighted by atomic mass is 15.2. The Balaban J connectivity index is -0.000000360. The van der Waals surface area contributed by atoms with Crippen LogP contribution in [0.5, 0.6) is 0 Å². The molecule has 5 rings (SSSR count). The first-order valence-electron chi connectivity index (χ1n) is 13.6. The molecule has 0 bridgehead atoms. The minimum absolute atomic E-state index is 0. The van der Waals surface area contributed by atoms with E-state index in [-0.39, 0.29) is 22.3 Å². The number of likely N-dealkylation sites (tertiary alicyclic amines) is 4. The van der Waals surface area contributed by atoms with Gasteiger partial charge in [-0.25, -0.2) is 0 Å². The van der Waals surface area contributed by atoms with Crippen LogP contribution in [0.2, 0.25) is 0 Å². The van der Waals surface area contributed by atoms with Crippen molar-refractivity contribution in [1.29, 1.82) is 0 Å². The molecule has 5 fully saturated rings. The smallest absolute Gasteiger partial charge is 0.0104 e. The molecular formula is C29H70N6. The van der Waals surface area contributed by atoms with Crippen LogP contribution in [0.25, 0.3) is 0 Å². The molecule has 6 nitrogen and oxygen atoms in total. The summed E-state index contributed by atoms with van der Waals surface area (Å²) >= 11 is 0. The van der Waals surface area contributed by atoms with E-state index in [1.807, 2.05) is 0 Å². The van der Waals surface area contributed by atoms with E-state index in [4.69, 9.17) is 0 Å². The van der Waals surface area contributed by atoms with Gasteiger partial charge in [0.15, 0.2) is 0 Å². The lowest BCUT2D eigenvalue weighted by Gasteiger charge is -2.24. The second-order valence-corrected chi connectivity index (χ2v) is 10.4. The van der Waals surface area contributed by atoms with Gasteiger partial charge in [0.1, 0.15) is 0 Å². The van der Waals surface area contributed by atoms with Gasteiger partial charge in [0, 0.05) is 26.2 Å². The number of piperazine rings is 1. The van der Waals surface area contributed by atoms with Crippen LogP contribution >= 0.6 is 0 Å². The molecule has 1 N–H and O–H groups in total. The van der Waals surface area contributed by atoms with E-state index in [0.717, 1.165) is 13.1 Å². The minimum Gasteiger partial charge on any atom is -0.314 e. The largest absolute Gasteiger partial charge is 0.314 e. The Morgan fingerprint density at radius 1 is 0.314 bits per heavy atom. The fourth-order valence-electron chi connectivity index (χ4n) is 4.23. The van der Waals surface area contributed by atoms with Gasteiger partial charge in [-0.2, -0.15) is 0 Å². The zero-order valence-corrected chi connectivity index (χ0v) is 22.6. The van der Waals surface area contributed by atoms with E-state index in [1.54, 1.807) is 0 Å². The zero-order chi connectivity index (χ0) is 23.4. The highest BCUT2D eigenvalue weighted by molar-refractivity contribution is 4.62. The summed E-state index contributed by atoms with van der Waals surface area (Å²) in [5.74, 6) is 0. The van der Waals surface area contributed by atoms with E-state index in [2.05, 4.69) is 65.1 Å². The van der Waals surface area contributed by atoms with Gasteiger partial charge in [-0.05, 0) is 133 Å². The molecule has 5 aliphatic rings. The molecule has 0 aromatic carbocycles. The van der Waals surface area contributed by atoms with Crippen LogP contribution in [-0.4, -0.2) is 138 Å². The Labute approximate surface area is 223 Å². The average Bonchev–Trinajstić information content (AvgIpc) is 3.27. The van der Waals surface area contributed by atoms with Gasteiger partial charge >= 0.3 is 0 Å². The summed E-state index contributed by atoms with van der Waals surface area (Å²) in [7, 11) is 10.9. The molecule has 0 aliphatic carbocycles. The van der Waals surface area contributed by atoms with Crippen LogP contribution in [0.15, 0.2) is 0 Å². The predicted molar refractivity (Wildman–Crippen MR) is 162 cm³/mol. The number of nitrogens with one attached hydrogen (secondary N) is 1. The number of piperidine rings is 2. The fourth-order valence-corrected chi connectivity index (χ4v) is 4.23. The number of likely N-dealkylation sites (N-methyl/N-ethyl adjacent to an activating group) is 1. The average molecular weight is 503 g/mol. The van der Waals surface area contributed by atoms with Crippen LogP contribution in [0.1, 0.15) is 80.1 Å². The summed E-state index contributed by atoms with van der Waals surface area (Å²) in [6.45, 7) is 15.3. The molecule has 0 aromatic rings. The minimum atomic E-state index is 0. The van der Waals surface area contributed by atoms with Crippen molar-refractivity contribution < 1.29 is 0 Å². The lowest BCUT2D eigenvalue weighted by Crippen LogP contribution is -2.40. The van der Waals surface area contributed by atoms with Crippen LogP contribution in [0.3, 0.4) is 0 Å². The molecule has 0 unspecified atom stereocenters. The normalized spacial score (nSPS) is 23.2. The van der Waals surface area contributed by atoms with Gasteiger partial charge in [0.25, 0.3) is 0 Å². The third-order valence-corrected chi connectivity index (χ3v) is 6.91. The third-order valence-electron chi connectivity index (χ3n) is 6.91. The van der Waals surface area contributed by atoms with Crippen LogP contribution in [0.4, 0.5) is 0 Å². The van der Waals surface area contributed by atoms with Crippen LogP contribution in [-0.2, 0) is 0 Å². The Bertz CT molecular complexity index is 343. The Hall–Kier alpha value is -0.240. The van der Waals surface area contributed by atoms with Crippen molar-refractivity contribution in [3.63, 3.8) is 0 Å². The summed E-state index contributed by atoms with van der Waals surface area (Å²) in [5, 5.41) is 3.27. The highest BCUT2D eigenvalue weighted by Crippen LogP contribution is 2.05. The van der Waals surface area contributed by atoms with Gasteiger partial charge in [-0.3, -0.25) is 0 Å². The van der Waals surface area contributed by atoms with E-state index >= 15 is 0 Å². The molecule has 5 aliphatic heterocycles. The molecule has 0 aromatic heterocycles. The maximum Gasteiger partial charge on any atom is 0.0104 e. The van der Waals surface area contributed by atoms with Crippen molar-refractivity contribution >= 4 is 0 Å². The molecule has 0 atom stereocenters. The topological polar surface area (TPSA) is 28.2 Å². The lowest BCUT2D eigenvalue weighted by atomic mass is 10.1. The molecule has 35 heavy (non-hydrogen) atoms. The monoisotopic (exact) mass is 503 g/mol. The van der Waals surface area contributed by atoms with Crippen molar-refractivity contribution in [3.05, 3.63) is 0 Å². The van der Waals surface area contributed by atoms with Gasteiger partial charge in [-0.15, -0.1) is 0 Å². The van der Waals surface area contributed by atoms with Gasteiger partial charge in [0.05, 0.1) is 0 Å². The molecule has 216 valence electrons. The van der Waals surface area contributed by atoms with Crippen LogP contribution in [0, 0.1) is 0 Å². The second-order valence-electron chi connectivity index (χ2n) is 10.4. The van der Waals surface area contributed by atoms with Gasteiger partial charge < -0.3 is 29.8 Å². The maximum atomic E-state index is 3.27. The summed E-state index contributed by atoms with van der Waals surface area (Å²) in [4.78, 5) is 11.8. The molecule has 0 spiro atoms. The van der Waals surface area contributed by atoms with E-state index < -0.39 is 0 Å². The first-order chi connectivity index (χ1) is 15.5. The summed E-state index contributed by atoms with van der Waals surface area (Å²) in [6, 6.07) is 0. The van der Waals surface area contributed by atoms with Crippen molar-refractivity contribution in [3.8, 4) is 0 Å². The summed E-state index contributed by atoms with van der Waals surface area (Å²) in [6.07, 6.45) is 12.8. The van der Waals surface area contributed by atoms with E-state index in [1.165, 1.54) is 123 Å². The van der Waals surface area contributed by atoms with Crippen molar-refractivity contribution in [2.45, 2.75) is 80.1 Å². The molecule has 5 heterocycles. The van der Waals surface area contributed by atoms with E-state index in [0.29, 0.717) is 0 Å². The Morgan fingerprint density at radius 2 is 0.543 bits per heavy atom. The number of hydrogen-bond donors (Lipinski definition) is 1. The number of rotatable bonds is 0. The third kappa shape index (κ3) is 25.2. The Kier molecular flexibility index (Phi) is 30.1.